The molecule has 0 unspecified atom stereocenters. The Morgan fingerprint density at radius 1 is 1.16 bits per heavy atom. The number of carbonyl (C=O) groups excluding carboxylic acids is 1. The molecule has 0 aliphatic rings. The molecule has 31 heavy (non-hydrogen) atoms. The monoisotopic (exact) mass is 422 g/mol. The Balaban J connectivity index is 2.47. The topological polar surface area (TPSA) is 96.5 Å². The first kappa shape index (κ1) is 24.1. The second-order valence-corrected chi connectivity index (χ2v) is 7.57. The lowest BCUT2D eigenvalue weighted by Crippen LogP contribution is -2.37. The summed E-state index contributed by atoms with van der Waals surface area (Å²) < 4.78 is 0. The second-order valence-electron chi connectivity index (χ2n) is 7.57. The average Bonchev–Trinajstić information content (AvgIpc) is 2.73. The van der Waals surface area contributed by atoms with E-state index in [9.17, 15) is 4.79 Å². The predicted molar refractivity (Wildman–Crippen MR) is 131 cm³/mol. The third-order valence-electron chi connectivity index (χ3n) is 4.82. The number of nitrogen functional groups attached to an aromatic ring is 1. The van der Waals surface area contributed by atoms with Crippen molar-refractivity contribution in [2.75, 3.05) is 29.0 Å². The molecule has 0 bridgehead atoms. The minimum absolute atomic E-state index is 0.279. The first-order chi connectivity index (χ1) is 14.9. The van der Waals surface area contributed by atoms with Gasteiger partial charge >= 0.3 is 6.03 Å². The number of nitrogens with zero attached hydrogens (tertiary/aromatic N) is 4. The van der Waals surface area contributed by atoms with Crippen molar-refractivity contribution in [2.45, 2.75) is 53.9 Å². The van der Waals surface area contributed by atoms with E-state index in [-0.39, 0.29) is 6.03 Å². The number of amides is 2. The Labute approximate surface area is 185 Å². The fourth-order valence-corrected chi connectivity index (χ4v) is 3.39. The van der Waals surface area contributed by atoms with E-state index in [1.165, 1.54) is 0 Å². The molecule has 2 heterocycles. The van der Waals surface area contributed by atoms with Crippen LogP contribution >= 0.6 is 0 Å². The van der Waals surface area contributed by atoms with Gasteiger partial charge in [0, 0.05) is 30.6 Å². The van der Waals surface area contributed by atoms with Crippen LogP contribution in [0.15, 0.2) is 47.2 Å². The van der Waals surface area contributed by atoms with Gasteiger partial charge in [0.25, 0.3) is 0 Å². The van der Waals surface area contributed by atoms with Crippen LogP contribution in [0.5, 0.6) is 0 Å². The Hall–Kier alpha value is -3.22. The zero-order chi connectivity index (χ0) is 22.8. The van der Waals surface area contributed by atoms with Crippen LogP contribution in [0, 0.1) is 0 Å². The SMILES string of the molecule is CCCCCN(C(=O)Nc1cccnc1)c1nc(C(C(C)=NCC)=C(C)C)ccc1N. The minimum Gasteiger partial charge on any atom is -0.396 e. The molecular formula is C24H34N6O. The number of rotatable bonds is 9. The van der Waals surface area contributed by atoms with Crippen LogP contribution in [0.4, 0.5) is 22.0 Å². The molecule has 7 heteroatoms. The Bertz CT molecular complexity index is 932. The number of anilines is 3. The summed E-state index contributed by atoms with van der Waals surface area (Å²) in [5.41, 5.74) is 11.1. The van der Waals surface area contributed by atoms with E-state index in [4.69, 9.17) is 10.7 Å². The first-order valence-electron chi connectivity index (χ1n) is 10.8. The summed E-state index contributed by atoms with van der Waals surface area (Å²) in [4.78, 5) is 28.2. The Kier molecular flexibility index (Phi) is 9.18. The fourth-order valence-electron chi connectivity index (χ4n) is 3.39. The lowest BCUT2D eigenvalue weighted by molar-refractivity contribution is 0.256. The number of nitrogens with one attached hydrogen (secondary N) is 1. The molecule has 0 fully saturated rings. The van der Waals surface area contributed by atoms with Gasteiger partial charge in [-0.15, -0.1) is 0 Å². The lowest BCUT2D eigenvalue weighted by atomic mass is 10.0. The number of unbranched alkanes of at least 4 members (excludes halogenated alkanes) is 2. The van der Waals surface area contributed by atoms with Crippen molar-refractivity contribution in [1.29, 1.82) is 0 Å². The van der Waals surface area contributed by atoms with Gasteiger partial charge in [-0.3, -0.25) is 14.9 Å². The van der Waals surface area contributed by atoms with Crippen molar-refractivity contribution in [3.05, 3.63) is 47.9 Å². The number of pyridine rings is 2. The van der Waals surface area contributed by atoms with Crippen LogP contribution in [-0.2, 0) is 0 Å². The van der Waals surface area contributed by atoms with Gasteiger partial charge in [0.05, 0.1) is 23.3 Å². The van der Waals surface area contributed by atoms with Gasteiger partial charge in [0.1, 0.15) is 0 Å². The van der Waals surface area contributed by atoms with Crippen LogP contribution in [0.25, 0.3) is 5.57 Å². The number of urea groups is 1. The number of hydrogen-bond donors (Lipinski definition) is 2. The molecule has 7 nitrogen and oxygen atoms in total. The number of carbonyl (C=O) groups is 1. The molecule has 0 saturated heterocycles. The summed E-state index contributed by atoms with van der Waals surface area (Å²) in [6.45, 7) is 11.4. The van der Waals surface area contributed by atoms with Crippen molar-refractivity contribution < 1.29 is 4.79 Å². The number of hydrogen-bond acceptors (Lipinski definition) is 5. The lowest BCUT2D eigenvalue weighted by Gasteiger charge is -2.24. The average molecular weight is 423 g/mol. The molecule has 0 radical (unpaired) electrons. The molecule has 2 amide bonds. The molecule has 0 aliphatic carbocycles. The molecule has 2 aromatic heterocycles. The summed E-state index contributed by atoms with van der Waals surface area (Å²) in [5, 5.41) is 2.90. The number of allylic oxidation sites excluding steroid dienone is 2. The van der Waals surface area contributed by atoms with Gasteiger partial charge in [-0.2, -0.15) is 0 Å². The first-order valence-corrected chi connectivity index (χ1v) is 10.8. The minimum atomic E-state index is -0.279. The molecule has 0 spiro atoms. The fraction of sp³-hybridized carbons (Fsp3) is 0.417. The van der Waals surface area contributed by atoms with E-state index in [2.05, 4.69) is 22.2 Å². The van der Waals surface area contributed by atoms with Crippen molar-refractivity contribution in [1.82, 2.24) is 9.97 Å². The van der Waals surface area contributed by atoms with Crippen molar-refractivity contribution >= 4 is 34.5 Å². The van der Waals surface area contributed by atoms with E-state index >= 15 is 0 Å². The second kappa shape index (κ2) is 11.8. The highest BCUT2D eigenvalue weighted by molar-refractivity contribution is 6.23. The molecule has 0 aliphatic heterocycles. The number of nitrogens with two attached hydrogens (primary N) is 1. The van der Waals surface area contributed by atoms with E-state index < -0.39 is 0 Å². The van der Waals surface area contributed by atoms with Gasteiger partial charge in [0.15, 0.2) is 5.82 Å². The van der Waals surface area contributed by atoms with Gasteiger partial charge in [-0.25, -0.2) is 9.78 Å². The van der Waals surface area contributed by atoms with Gasteiger partial charge in [-0.05, 0) is 58.4 Å². The molecule has 2 aromatic rings. The van der Waals surface area contributed by atoms with Crippen LogP contribution in [-0.4, -0.2) is 34.8 Å². The Morgan fingerprint density at radius 2 is 1.94 bits per heavy atom. The molecule has 0 aromatic carbocycles. The van der Waals surface area contributed by atoms with Gasteiger partial charge < -0.3 is 11.1 Å². The zero-order valence-electron chi connectivity index (χ0n) is 19.3. The van der Waals surface area contributed by atoms with Crippen molar-refractivity contribution in [3.8, 4) is 0 Å². The van der Waals surface area contributed by atoms with E-state index in [0.717, 1.165) is 41.8 Å². The smallest absolute Gasteiger partial charge is 0.327 e. The van der Waals surface area contributed by atoms with E-state index in [1.54, 1.807) is 29.4 Å². The van der Waals surface area contributed by atoms with Crippen LogP contribution in [0.2, 0.25) is 0 Å². The van der Waals surface area contributed by atoms with Crippen LogP contribution in [0.1, 0.15) is 59.6 Å². The quantitative estimate of drug-likeness (QED) is 0.408. The maximum absolute atomic E-state index is 13.2. The summed E-state index contributed by atoms with van der Waals surface area (Å²) in [6.07, 6.45) is 6.20. The normalized spacial score (nSPS) is 11.2. The predicted octanol–water partition coefficient (Wildman–Crippen LogP) is 5.56. The summed E-state index contributed by atoms with van der Waals surface area (Å²) in [5.74, 6) is 0.457. The van der Waals surface area contributed by atoms with Gasteiger partial charge in [-0.1, -0.05) is 25.3 Å². The molecule has 166 valence electrons. The van der Waals surface area contributed by atoms with Crippen molar-refractivity contribution in [2.24, 2.45) is 4.99 Å². The standard InChI is InChI=1S/C24H34N6O/c1-6-8-9-15-30(24(31)28-19-11-10-14-26-16-19)23-20(25)12-13-21(29-23)22(17(3)4)18(5)27-7-2/h10-14,16H,6-9,15,25H2,1-5H3,(H,28,31). The van der Waals surface area contributed by atoms with Crippen LogP contribution < -0.4 is 16.0 Å². The number of aromatic nitrogens is 2. The molecule has 2 rings (SSSR count). The third-order valence-corrected chi connectivity index (χ3v) is 4.82. The van der Waals surface area contributed by atoms with Crippen molar-refractivity contribution in [3.63, 3.8) is 0 Å². The molecular weight excluding hydrogens is 388 g/mol. The van der Waals surface area contributed by atoms with Crippen LogP contribution in [0.3, 0.4) is 0 Å². The van der Waals surface area contributed by atoms with Gasteiger partial charge in [0.2, 0.25) is 0 Å². The highest BCUT2D eigenvalue weighted by Crippen LogP contribution is 2.27. The maximum atomic E-state index is 13.2. The highest BCUT2D eigenvalue weighted by atomic mass is 16.2. The van der Waals surface area contributed by atoms with E-state index in [0.29, 0.717) is 30.3 Å². The Morgan fingerprint density at radius 3 is 2.55 bits per heavy atom. The third kappa shape index (κ3) is 6.64. The zero-order valence-corrected chi connectivity index (χ0v) is 19.3. The maximum Gasteiger partial charge on any atom is 0.327 e. The largest absolute Gasteiger partial charge is 0.396 e. The molecule has 3 N–H and O–H groups in total. The summed E-state index contributed by atoms with van der Waals surface area (Å²) in [6, 6.07) is 7.00. The summed E-state index contributed by atoms with van der Waals surface area (Å²) >= 11 is 0. The molecule has 0 saturated carbocycles. The number of aliphatic imine (C=N–C) groups is 1. The highest BCUT2D eigenvalue weighted by Gasteiger charge is 2.21. The van der Waals surface area contributed by atoms with E-state index in [1.807, 2.05) is 39.8 Å². The molecule has 0 atom stereocenters. The summed E-state index contributed by atoms with van der Waals surface area (Å²) in [7, 11) is 0.